The second kappa shape index (κ2) is 8.22. The molecule has 0 radical (unpaired) electrons. The molecule has 6 nitrogen and oxygen atoms in total. The smallest absolute Gasteiger partial charge is 0.229 e. The molecular weight excluding hydrogens is 374 g/mol. The Morgan fingerprint density at radius 3 is 2.64 bits per heavy atom. The first-order valence-corrected chi connectivity index (χ1v) is 11.3. The highest BCUT2D eigenvalue weighted by Gasteiger charge is 2.30. The minimum absolute atomic E-state index is 0.0144. The second-order valence-electron chi connectivity index (χ2n) is 7.44. The first kappa shape index (κ1) is 20.2. The van der Waals surface area contributed by atoms with Crippen LogP contribution in [0.1, 0.15) is 30.0 Å². The number of likely N-dealkylation sites (tertiary alicyclic amines) is 1. The molecule has 1 amide bonds. The first-order valence-electron chi connectivity index (χ1n) is 9.37. The highest BCUT2D eigenvalue weighted by Crippen LogP contribution is 2.34. The summed E-state index contributed by atoms with van der Waals surface area (Å²) >= 11 is 0. The Morgan fingerprint density at radius 2 is 1.93 bits per heavy atom. The summed E-state index contributed by atoms with van der Waals surface area (Å²) in [6.07, 6.45) is 3.18. The first-order chi connectivity index (χ1) is 13.2. The van der Waals surface area contributed by atoms with Crippen molar-refractivity contribution < 1.29 is 13.2 Å². The van der Waals surface area contributed by atoms with E-state index in [1.54, 1.807) is 18.2 Å². The van der Waals surface area contributed by atoms with Gasteiger partial charge in [-0.2, -0.15) is 0 Å². The van der Waals surface area contributed by atoms with Crippen LogP contribution in [0.25, 0.3) is 0 Å². The molecule has 1 unspecified atom stereocenters. The number of amides is 1. The topological polar surface area (TPSA) is 69.7 Å². The zero-order valence-corrected chi connectivity index (χ0v) is 17.4. The van der Waals surface area contributed by atoms with Crippen molar-refractivity contribution in [1.29, 1.82) is 0 Å². The summed E-state index contributed by atoms with van der Waals surface area (Å²) in [5, 5.41) is 0. The molecule has 7 heteroatoms. The van der Waals surface area contributed by atoms with E-state index in [4.69, 9.17) is 0 Å². The molecule has 1 heterocycles. The van der Waals surface area contributed by atoms with Crippen molar-refractivity contribution in [3.05, 3.63) is 59.7 Å². The number of rotatable bonds is 6. The number of sulfonamides is 1. The third kappa shape index (κ3) is 4.84. The lowest BCUT2D eigenvalue weighted by Crippen LogP contribution is -2.32. The van der Waals surface area contributed by atoms with Crippen molar-refractivity contribution >= 4 is 27.3 Å². The molecule has 1 aliphatic rings. The van der Waals surface area contributed by atoms with Crippen molar-refractivity contribution in [2.75, 3.05) is 36.5 Å². The number of carbonyl (C=O) groups excluding carboxylic acids is 1. The number of nitrogens with one attached hydrogen (secondary N) is 1. The van der Waals surface area contributed by atoms with Crippen LogP contribution in [-0.4, -0.2) is 46.1 Å². The molecule has 0 bridgehead atoms. The fourth-order valence-corrected chi connectivity index (χ4v) is 4.26. The lowest BCUT2D eigenvalue weighted by atomic mass is 10.0. The predicted molar refractivity (Wildman–Crippen MR) is 113 cm³/mol. The van der Waals surface area contributed by atoms with Crippen molar-refractivity contribution in [3.8, 4) is 0 Å². The molecule has 0 saturated carbocycles. The average Bonchev–Trinajstić information content (AvgIpc) is 3.12. The third-order valence-corrected chi connectivity index (χ3v) is 5.59. The molecule has 0 aliphatic carbocycles. The highest BCUT2D eigenvalue weighted by atomic mass is 32.2. The lowest BCUT2D eigenvalue weighted by molar-refractivity contribution is -0.131. The maximum atomic E-state index is 13.1. The van der Waals surface area contributed by atoms with Gasteiger partial charge in [0.05, 0.1) is 24.4 Å². The summed E-state index contributed by atoms with van der Waals surface area (Å²) in [5.74, 6) is 0.0144. The van der Waals surface area contributed by atoms with E-state index < -0.39 is 10.0 Å². The Morgan fingerprint density at radius 1 is 1.18 bits per heavy atom. The molecular formula is C21H27N3O3S. The van der Waals surface area contributed by atoms with Crippen molar-refractivity contribution in [2.24, 2.45) is 0 Å². The van der Waals surface area contributed by atoms with Crippen LogP contribution in [0.15, 0.2) is 48.5 Å². The van der Waals surface area contributed by atoms with Crippen molar-refractivity contribution in [3.63, 3.8) is 0 Å². The highest BCUT2D eigenvalue weighted by molar-refractivity contribution is 7.92. The average molecular weight is 402 g/mol. The number of anilines is 2. The van der Waals surface area contributed by atoms with Gasteiger partial charge in [-0.3, -0.25) is 9.52 Å². The van der Waals surface area contributed by atoms with E-state index in [1.165, 1.54) is 0 Å². The molecule has 0 spiro atoms. The normalized spacial score (nSPS) is 16.8. The van der Waals surface area contributed by atoms with Gasteiger partial charge in [0, 0.05) is 26.3 Å². The fourth-order valence-electron chi connectivity index (χ4n) is 3.66. The maximum Gasteiger partial charge on any atom is 0.229 e. The van der Waals surface area contributed by atoms with Crippen molar-refractivity contribution in [2.45, 2.75) is 25.3 Å². The zero-order chi connectivity index (χ0) is 20.3. The molecule has 1 N–H and O–H groups in total. The number of hydrogen-bond donors (Lipinski definition) is 1. The number of hydrogen-bond acceptors (Lipinski definition) is 4. The summed E-state index contributed by atoms with van der Waals surface area (Å²) in [7, 11) is 0.604. The summed E-state index contributed by atoms with van der Waals surface area (Å²) in [6.45, 7) is 0.720. The van der Waals surface area contributed by atoms with E-state index in [2.05, 4.69) is 27.8 Å². The van der Waals surface area contributed by atoms with Crippen LogP contribution < -0.4 is 9.62 Å². The SMILES string of the molecule is CN(C)c1cccc(C2CCCN2C(=O)Cc2ccccc2NS(C)(=O)=O)c1. The lowest BCUT2D eigenvalue weighted by Gasteiger charge is -2.26. The van der Waals surface area contributed by atoms with Crippen LogP contribution in [0, 0.1) is 0 Å². The molecule has 0 aromatic heterocycles. The molecule has 1 aliphatic heterocycles. The minimum Gasteiger partial charge on any atom is -0.378 e. The Kier molecular flexibility index (Phi) is 5.93. The molecule has 3 rings (SSSR count). The van der Waals surface area contributed by atoms with Crippen LogP contribution in [0.4, 0.5) is 11.4 Å². The van der Waals surface area contributed by atoms with Gasteiger partial charge < -0.3 is 9.80 Å². The summed E-state index contributed by atoms with van der Waals surface area (Å²) in [5.41, 5.74) is 3.40. The van der Waals surface area contributed by atoms with Crippen LogP contribution >= 0.6 is 0 Å². The van der Waals surface area contributed by atoms with Gasteiger partial charge in [-0.05, 0) is 42.2 Å². The van der Waals surface area contributed by atoms with Crippen LogP contribution in [-0.2, 0) is 21.2 Å². The molecule has 150 valence electrons. The van der Waals surface area contributed by atoms with Crippen LogP contribution in [0.2, 0.25) is 0 Å². The summed E-state index contributed by atoms with van der Waals surface area (Å²) in [6, 6.07) is 15.4. The monoisotopic (exact) mass is 401 g/mol. The van der Waals surface area contributed by atoms with E-state index in [-0.39, 0.29) is 18.4 Å². The van der Waals surface area contributed by atoms with E-state index >= 15 is 0 Å². The third-order valence-electron chi connectivity index (χ3n) is 5.00. The number of para-hydroxylation sites is 1. The summed E-state index contributed by atoms with van der Waals surface area (Å²) < 4.78 is 25.7. The largest absolute Gasteiger partial charge is 0.378 e. The Labute approximate surface area is 167 Å². The molecule has 1 saturated heterocycles. The van der Waals surface area contributed by atoms with Gasteiger partial charge in [-0.15, -0.1) is 0 Å². The zero-order valence-electron chi connectivity index (χ0n) is 16.6. The van der Waals surface area contributed by atoms with Gasteiger partial charge in [0.25, 0.3) is 0 Å². The van der Waals surface area contributed by atoms with Crippen molar-refractivity contribution in [1.82, 2.24) is 4.90 Å². The fraction of sp³-hybridized carbons (Fsp3) is 0.381. The molecule has 2 aromatic rings. The van der Waals surface area contributed by atoms with Gasteiger partial charge in [-0.1, -0.05) is 30.3 Å². The second-order valence-corrected chi connectivity index (χ2v) is 9.19. The summed E-state index contributed by atoms with van der Waals surface area (Å²) in [4.78, 5) is 17.0. The van der Waals surface area contributed by atoms with Gasteiger partial charge in [0.1, 0.15) is 0 Å². The standard InChI is InChI=1S/C21H27N3O3S/c1-23(2)18-10-6-9-17(14-18)20-12-7-13-24(20)21(25)15-16-8-4-5-11-19(16)22-28(3,26)27/h4-6,8-11,14,20,22H,7,12-13,15H2,1-3H3. The molecule has 28 heavy (non-hydrogen) atoms. The van der Waals surface area contributed by atoms with E-state index in [1.807, 2.05) is 31.1 Å². The predicted octanol–water partition coefficient (Wildman–Crippen LogP) is 3.03. The number of benzene rings is 2. The van der Waals surface area contributed by atoms with Gasteiger partial charge >= 0.3 is 0 Å². The Hall–Kier alpha value is -2.54. The molecule has 1 atom stereocenters. The Bertz CT molecular complexity index is 957. The Balaban J connectivity index is 1.80. The van der Waals surface area contributed by atoms with Gasteiger partial charge in [0.15, 0.2) is 0 Å². The maximum absolute atomic E-state index is 13.1. The minimum atomic E-state index is -3.40. The van der Waals surface area contributed by atoms with E-state index in [9.17, 15) is 13.2 Å². The van der Waals surface area contributed by atoms with Crippen LogP contribution in [0.3, 0.4) is 0 Å². The van der Waals surface area contributed by atoms with Crippen LogP contribution in [0.5, 0.6) is 0 Å². The molecule has 1 fully saturated rings. The number of carbonyl (C=O) groups is 1. The quantitative estimate of drug-likeness (QED) is 0.808. The van der Waals surface area contributed by atoms with Gasteiger partial charge in [0.2, 0.25) is 15.9 Å². The van der Waals surface area contributed by atoms with Gasteiger partial charge in [-0.25, -0.2) is 8.42 Å². The van der Waals surface area contributed by atoms with E-state index in [0.29, 0.717) is 11.3 Å². The van der Waals surface area contributed by atoms with E-state index in [0.717, 1.165) is 36.9 Å². The number of nitrogens with zero attached hydrogens (tertiary/aromatic N) is 2. The molecule has 2 aromatic carbocycles.